The second kappa shape index (κ2) is 5.54. The third kappa shape index (κ3) is 3.21. The van der Waals surface area contributed by atoms with E-state index in [0.29, 0.717) is 5.69 Å². The van der Waals surface area contributed by atoms with Gasteiger partial charge in [-0.3, -0.25) is 4.79 Å². The van der Waals surface area contributed by atoms with Crippen LogP contribution < -0.4 is 5.32 Å². The number of rotatable bonds is 5. The van der Waals surface area contributed by atoms with Gasteiger partial charge >= 0.3 is 0 Å². The number of thiophene rings is 1. The molecule has 2 rings (SSSR count). The summed E-state index contributed by atoms with van der Waals surface area (Å²) in [5.41, 5.74) is -0.643. The molecule has 1 amide bonds. The van der Waals surface area contributed by atoms with E-state index < -0.39 is 5.60 Å². The molecular weight excluding hydrogens is 262 g/mol. The van der Waals surface area contributed by atoms with Crippen LogP contribution in [0, 0.1) is 0 Å². The van der Waals surface area contributed by atoms with E-state index in [-0.39, 0.29) is 12.5 Å². The molecule has 0 aliphatic heterocycles. The van der Waals surface area contributed by atoms with Crippen LogP contribution in [0.1, 0.15) is 35.0 Å². The van der Waals surface area contributed by atoms with E-state index in [1.165, 1.54) is 17.5 Å². The highest BCUT2D eigenvalue weighted by atomic mass is 32.1. The Hall–Kier alpha value is -1.66. The summed E-state index contributed by atoms with van der Waals surface area (Å²) in [5.74, 6) is 0.513. The molecular formula is C13H17N3O2S. The van der Waals surface area contributed by atoms with Gasteiger partial charge in [0.1, 0.15) is 17.1 Å². The van der Waals surface area contributed by atoms with Crippen molar-refractivity contribution in [2.75, 3.05) is 6.54 Å². The highest BCUT2D eigenvalue weighted by molar-refractivity contribution is 7.10. The lowest BCUT2D eigenvalue weighted by atomic mass is 10.1. The number of carbonyl (C=O) groups is 1. The predicted octanol–water partition coefficient (Wildman–Crippen LogP) is 1.67. The zero-order valence-electron chi connectivity index (χ0n) is 10.9. The number of imidazole rings is 1. The van der Waals surface area contributed by atoms with Crippen molar-refractivity contribution in [1.29, 1.82) is 0 Å². The minimum atomic E-state index is -1.06. The van der Waals surface area contributed by atoms with Crippen LogP contribution in [-0.4, -0.2) is 27.5 Å². The number of H-pyrrole nitrogens is 1. The van der Waals surface area contributed by atoms with Gasteiger partial charge in [-0.25, -0.2) is 4.98 Å². The van der Waals surface area contributed by atoms with Gasteiger partial charge in [-0.05, 0) is 18.4 Å². The van der Waals surface area contributed by atoms with Crippen molar-refractivity contribution in [3.8, 4) is 0 Å². The SMILES string of the molecule is CCc1ncc(C(=O)NCC(C)(O)c2cccs2)[nH]1. The molecule has 0 radical (unpaired) electrons. The topological polar surface area (TPSA) is 78.0 Å². The fourth-order valence-corrected chi connectivity index (χ4v) is 2.46. The van der Waals surface area contributed by atoms with Gasteiger partial charge in [-0.1, -0.05) is 13.0 Å². The Kier molecular flexibility index (Phi) is 4.01. The summed E-state index contributed by atoms with van der Waals surface area (Å²) in [4.78, 5) is 19.7. The van der Waals surface area contributed by atoms with E-state index in [2.05, 4.69) is 15.3 Å². The number of nitrogens with zero attached hydrogens (tertiary/aromatic N) is 1. The molecule has 0 aliphatic carbocycles. The summed E-state index contributed by atoms with van der Waals surface area (Å²) in [6, 6.07) is 3.72. The van der Waals surface area contributed by atoms with Gasteiger partial charge in [0, 0.05) is 11.3 Å². The Bertz CT molecular complexity index is 546. The number of amides is 1. The van der Waals surface area contributed by atoms with Crippen LogP contribution in [0.4, 0.5) is 0 Å². The van der Waals surface area contributed by atoms with Gasteiger partial charge in [-0.2, -0.15) is 0 Å². The maximum atomic E-state index is 11.9. The van der Waals surface area contributed by atoms with Gasteiger partial charge in [0.15, 0.2) is 0 Å². The molecule has 2 heterocycles. The van der Waals surface area contributed by atoms with Crippen molar-refractivity contribution in [2.45, 2.75) is 25.9 Å². The van der Waals surface area contributed by atoms with Gasteiger partial charge in [-0.15, -0.1) is 11.3 Å². The van der Waals surface area contributed by atoms with E-state index in [1.807, 2.05) is 24.4 Å². The molecule has 0 fully saturated rings. The number of carbonyl (C=O) groups excluding carboxylic acids is 1. The number of hydrogen-bond acceptors (Lipinski definition) is 4. The van der Waals surface area contributed by atoms with Gasteiger partial charge < -0.3 is 15.4 Å². The molecule has 5 nitrogen and oxygen atoms in total. The first-order valence-electron chi connectivity index (χ1n) is 6.11. The van der Waals surface area contributed by atoms with Crippen LogP contribution in [-0.2, 0) is 12.0 Å². The van der Waals surface area contributed by atoms with Crippen molar-refractivity contribution < 1.29 is 9.90 Å². The molecule has 3 N–H and O–H groups in total. The monoisotopic (exact) mass is 279 g/mol. The first-order chi connectivity index (χ1) is 9.03. The molecule has 0 aliphatic rings. The van der Waals surface area contributed by atoms with Gasteiger partial charge in [0.2, 0.25) is 0 Å². The Balaban J connectivity index is 1.97. The van der Waals surface area contributed by atoms with E-state index in [0.717, 1.165) is 17.1 Å². The van der Waals surface area contributed by atoms with Crippen molar-refractivity contribution in [2.24, 2.45) is 0 Å². The lowest BCUT2D eigenvalue weighted by Gasteiger charge is -2.22. The molecule has 0 aromatic carbocycles. The summed E-state index contributed by atoms with van der Waals surface area (Å²) in [6.45, 7) is 3.80. The molecule has 19 heavy (non-hydrogen) atoms. The minimum Gasteiger partial charge on any atom is -0.383 e. The number of aryl methyl sites for hydroxylation is 1. The molecule has 0 bridgehead atoms. The van der Waals surface area contributed by atoms with Gasteiger partial charge in [0.25, 0.3) is 5.91 Å². The maximum Gasteiger partial charge on any atom is 0.269 e. The van der Waals surface area contributed by atoms with Crippen LogP contribution in [0.25, 0.3) is 0 Å². The van der Waals surface area contributed by atoms with E-state index in [1.54, 1.807) is 6.92 Å². The molecule has 1 atom stereocenters. The average molecular weight is 279 g/mol. The fraction of sp³-hybridized carbons (Fsp3) is 0.385. The smallest absolute Gasteiger partial charge is 0.269 e. The highest BCUT2D eigenvalue weighted by Crippen LogP contribution is 2.24. The van der Waals surface area contributed by atoms with Crippen molar-refractivity contribution in [1.82, 2.24) is 15.3 Å². The Morgan fingerprint density at radius 3 is 3.00 bits per heavy atom. The van der Waals surface area contributed by atoms with Crippen LogP contribution in [0.3, 0.4) is 0 Å². The summed E-state index contributed by atoms with van der Waals surface area (Å²) >= 11 is 1.46. The normalized spacial score (nSPS) is 14.1. The van der Waals surface area contributed by atoms with E-state index in [9.17, 15) is 9.90 Å². The standard InChI is InChI=1S/C13H17N3O2S/c1-3-11-14-7-9(16-11)12(17)15-8-13(2,18)10-5-4-6-19-10/h4-7,18H,3,8H2,1-2H3,(H,14,16)(H,15,17). The predicted molar refractivity (Wildman–Crippen MR) is 74.2 cm³/mol. The highest BCUT2D eigenvalue weighted by Gasteiger charge is 2.25. The average Bonchev–Trinajstić information content (AvgIpc) is 3.06. The zero-order valence-corrected chi connectivity index (χ0v) is 11.8. The van der Waals surface area contributed by atoms with E-state index >= 15 is 0 Å². The molecule has 2 aromatic heterocycles. The second-order valence-corrected chi connectivity index (χ2v) is 5.48. The largest absolute Gasteiger partial charge is 0.383 e. The lowest BCUT2D eigenvalue weighted by molar-refractivity contribution is 0.0555. The third-order valence-electron chi connectivity index (χ3n) is 2.85. The minimum absolute atomic E-state index is 0.160. The molecule has 0 saturated heterocycles. The molecule has 1 unspecified atom stereocenters. The number of nitrogens with one attached hydrogen (secondary N) is 2. The van der Waals surface area contributed by atoms with Crippen LogP contribution in [0.5, 0.6) is 0 Å². The molecule has 0 saturated carbocycles. The van der Waals surface area contributed by atoms with Crippen LogP contribution in [0.15, 0.2) is 23.7 Å². The Labute approximate surface area is 115 Å². The van der Waals surface area contributed by atoms with Crippen molar-refractivity contribution in [3.05, 3.63) is 40.1 Å². The van der Waals surface area contributed by atoms with Crippen LogP contribution >= 0.6 is 11.3 Å². The quantitative estimate of drug-likeness (QED) is 0.779. The second-order valence-electron chi connectivity index (χ2n) is 4.53. The van der Waals surface area contributed by atoms with Crippen LogP contribution in [0.2, 0.25) is 0 Å². The third-order valence-corrected chi connectivity index (χ3v) is 3.98. The zero-order chi connectivity index (χ0) is 13.9. The summed E-state index contributed by atoms with van der Waals surface area (Å²) < 4.78 is 0. The fourth-order valence-electron chi connectivity index (χ4n) is 1.68. The number of aromatic amines is 1. The summed E-state index contributed by atoms with van der Waals surface area (Å²) in [5, 5.41) is 14.9. The van der Waals surface area contributed by atoms with Gasteiger partial charge in [0.05, 0.1) is 12.7 Å². The number of aromatic nitrogens is 2. The lowest BCUT2D eigenvalue weighted by Crippen LogP contribution is -2.38. The maximum absolute atomic E-state index is 11.9. The summed E-state index contributed by atoms with van der Waals surface area (Å²) in [6.07, 6.45) is 2.26. The summed E-state index contributed by atoms with van der Waals surface area (Å²) in [7, 11) is 0. The number of hydrogen-bond donors (Lipinski definition) is 3. The molecule has 0 spiro atoms. The molecule has 102 valence electrons. The van der Waals surface area contributed by atoms with Crippen molar-refractivity contribution >= 4 is 17.2 Å². The first-order valence-corrected chi connectivity index (χ1v) is 6.99. The van der Waals surface area contributed by atoms with E-state index in [4.69, 9.17) is 0 Å². The Morgan fingerprint density at radius 1 is 1.63 bits per heavy atom. The first kappa shape index (κ1) is 13.8. The molecule has 6 heteroatoms. The molecule has 2 aromatic rings. The Morgan fingerprint density at radius 2 is 2.42 bits per heavy atom. The number of aliphatic hydroxyl groups is 1. The van der Waals surface area contributed by atoms with Crippen molar-refractivity contribution in [3.63, 3.8) is 0 Å².